The summed E-state index contributed by atoms with van der Waals surface area (Å²) in [5.74, 6) is -0.635. The van der Waals surface area contributed by atoms with Gasteiger partial charge in [0.15, 0.2) is 0 Å². The summed E-state index contributed by atoms with van der Waals surface area (Å²) in [6.45, 7) is -0.242. The predicted molar refractivity (Wildman–Crippen MR) is 83.0 cm³/mol. The van der Waals surface area contributed by atoms with Crippen LogP contribution in [0.25, 0.3) is 10.8 Å². The minimum atomic E-state index is -2.75. The van der Waals surface area contributed by atoms with Crippen molar-refractivity contribution in [2.75, 3.05) is 6.61 Å². The van der Waals surface area contributed by atoms with Gasteiger partial charge in [0.1, 0.15) is 17.0 Å². The van der Waals surface area contributed by atoms with Crippen LogP contribution in [0.5, 0.6) is 0 Å². The molecule has 0 amide bonds. The number of fused-ring (bicyclic) bond motifs is 1. The molecule has 0 radical (unpaired) electrons. The molecular formula is C16H18O4S. The van der Waals surface area contributed by atoms with Gasteiger partial charge in [-0.05, 0) is 29.2 Å². The molecule has 21 heavy (non-hydrogen) atoms. The summed E-state index contributed by atoms with van der Waals surface area (Å²) in [6.07, 6.45) is 1.14. The van der Waals surface area contributed by atoms with Crippen LogP contribution in [0.2, 0.25) is 0 Å². The Hall–Kier alpha value is -1.72. The minimum Gasteiger partial charge on any atom is -0.396 e. The summed E-state index contributed by atoms with van der Waals surface area (Å²) in [4.78, 5) is 11.3. The second-order valence-corrected chi connectivity index (χ2v) is 6.24. The molecule has 0 aliphatic heterocycles. The van der Waals surface area contributed by atoms with E-state index in [9.17, 15) is 13.2 Å². The number of benzene rings is 2. The zero-order chi connectivity index (χ0) is 15.2. The lowest BCUT2D eigenvalue weighted by Gasteiger charge is -2.17. The fourth-order valence-electron chi connectivity index (χ4n) is 2.61. The molecule has 1 N–H and O–H groups in total. The van der Waals surface area contributed by atoms with Crippen LogP contribution in [-0.2, 0) is 21.9 Å². The van der Waals surface area contributed by atoms with Crippen molar-refractivity contribution in [2.24, 2.45) is 5.92 Å². The van der Waals surface area contributed by atoms with Gasteiger partial charge in [-0.15, -0.1) is 0 Å². The molecular weight excluding hydrogens is 288 g/mol. The molecule has 2 atom stereocenters. The van der Waals surface area contributed by atoms with E-state index in [1.54, 1.807) is 0 Å². The van der Waals surface area contributed by atoms with Gasteiger partial charge in [-0.25, -0.2) is 8.42 Å². The average molecular weight is 306 g/mol. The van der Waals surface area contributed by atoms with Crippen molar-refractivity contribution < 1.29 is 18.3 Å². The van der Waals surface area contributed by atoms with Crippen LogP contribution in [-0.4, -0.2) is 31.7 Å². The van der Waals surface area contributed by atoms with Gasteiger partial charge >= 0.3 is 0 Å². The van der Waals surface area contributed by atoms with Crippen LogP contribution in [0.3, 0.4) is 0 Å². The Morgan fingerprint density at radius 2 is 1.81 bits per heavy atom. The van der Waals surface area contributed by atoms with E-state index < -0.39 is 21.9 Å². The Kier molecular flexibility index (Phi) is 5.47. The number of aliphatic hydroxyl groups excluding tert-OH is 1. The normalized spacial score (nSPS) is 14.2. The molecule has 0 aliphatic carbocycles. The monoisotopic (exact) mass is 306 g/mol. The van der Waals surface area contributed by atoms with Crippen LogP contribution >= 0.6 is 0 Å². The maximum atomic E-state index is 11.3. The molecule has 2 aromatic rings. The van der Waals surface area contributed by atoms with E-state index >= 15 is 0 Å². The first kappa shape index (κ1) is 15.7. The van der Waals surface area contributed by atoms with Crippen molar-refractivity contribution in [3.63, 3.8) is 0 Å². The van der Waals surface area contributed by atoms with Gasteiger partial charge < -0.3 is 9.90 Å². The van der Waals surface area contributed by atoms with Crippen molar-refractivity contribution in [2.45, 2.75) is 18.1 Å². The van der Waals surface area contributed by atoms with Crippen LogP contribution in [0, 0.1) is 5.92 Å². The molecule has 112 valence electrons. The lowest BCUT2D eigenvalue weighted by molar-refractivity contribution is -0.111. The standard InChI is InChI=1S/C16H18O4S/c17-9-8-16(21(19)20)14(11-18)10-13-6-3-5-12-4-1-2-7-15(12)13/h1-7,11,14,16-17,21H,8-10H2. The van der Waals surface area contributed by atoms with Crippen molar-refractivity contribution in [1.82, 2.24) is 0 Å². The number of aldehydes is 1. The van der Waals surface area contributed by atoms with Gasteiger partial charge in [0.2, 0.25) is 0 Å². The Labute approximate surface area is 125 Å². The molecule has 0 saturated carbocycles. The molecule has 0 fully saturated rings. The number of hydrogen-bond acceptors (Lipinski definition) is 4. The highest BCUT2D eigenvalue weighted by Crippen LogP contribution is 2.23. The largest absolute Gasteiger partial charge is 0.396 e. The molecule has 0 spiro atoms. The fraction of sp³-hybridized carbons (Fsp3) is 0.312. The SMILES string of the molecule is O=CC(Cc1cccc2ccccc12)C(CCO)[SH](=O)=O. The van der Waals surface area contributed by atoms with Crippen LogP contribution < -0.4 is 0 Å². The van der Waals surface area contributed by atoms with Gasteiger partial charge in [0.05, 0.1) is 5.25 Å². The first-order chi connectivity index (χ1) is 10.2. The lowest BCUT2D eigenvalue weighted by atomic mass is 9.92. The summed E-state index contributed by atoms with van der Waals surface area (Å²) in [6, 6.07) is 13.6. The van der Waals surface area contributed by atoms with Crippen molar-refractivity contribution >= 4 is 27.8 Å². The molecule has 0 saturated heterocycles. The molecule has 0 heterocycles. The average Bonchev–Trinajstić information content (AvgIpc) is 2.50. The van der Waals surface area contributed by atoms with Gasteiger partial charge in [-0.1, -0.05) is 42.5 Å². The minimum absolute atomic E-state index is 0.0902. The van der Waals surface area contributed by atoms with Crippen molar-refractivity contribution in [3.05, 3.63) is 48.0 Å². The van der Waals surface area contributed by atoms with Crippen LogP contribution in [0.1, 0.15) is 12.0 Å². The van der Waals surface area contributed by atoms with Crippen LogP contribution in [0.15, 0.2) is 42.5 Å². The summed E-state index contributed by atoms with van der Waals surface area (Å²) >= 11 is 0. The molecule has 0 aromatic heterocycles. The van der Waals surface area contributed by atoms with Crippen LogP contribution in [0.4, 0.5) is 0 Å². The summed E-state index contributed by atoms with van der Waals surface area (Å²) in [5, 5.41) is 10.3. The second kappa shape index (κ2) is 7.33. The maximum absolute atomic E-state index is 11.3. The Bertz CT molecular complexity index is 680. The molecule has 4 nitrogen and oxygen atoms in total. The summed E-state index contributed by atoms with van der Waals surface area (Å²) in [7, 11) is -2.75. The van der Waals surface area contributed by atoms with Crippen molar-refractivity contribution in [1.29, 1.82) is 0 Å². The highest BCUT2D eigenvalue weighted by molar-refractivity contribution is 7.73. The highest BCUT2D eigenvalue weighted by atomic mass is 32.2. The fourth-order valence-corrected chi connectivity index (χ4v) is 3.42. The zero-order valence-corrected chi connectivity index (χ0v) is 12.4. The quantitative estimate of drug-likeness (QED) is 0.601. The number of aliphatic hydroxyl groups is 1. The topological polar surface area (TPSA) is 71.4 Å². The molecule has 2 rings (SSSR count). The first-order valence-corrected chi connectivity index (χ1v) is 8.08. The molecule has 0 bridgehead atoms. The van der Waals surface area contributed by atoms with E-state index in [1.165, 1.54) is 0 Å². The third-order valence-electron chi connectivity index (χ3n) is 3.70. The van der Waals surface area contributed by atoms with Gasteiger partial charge in [0.25, 0.3) is 0 Å². The Balaban J connectivity index is 2.34. The number of rotatable bonds is 7. The van der Waals surface area contributed by atoms with E-state index in [-0.39, 0.29) is 13.0 Å². The molecule has 2 aromatic carbocycles. The third kappa shape index (κ3) is 3.68. The summed E-state index contributed by atoms with van der Waals surface area (Å²) < 4.78 is 22.6. The third-order valence-corrected chi connectivity index (χ3v) is 4.88. The van der Waals surface area contributed by atoms with Gasteiger partial charge in [-0.3, -0.25) is 0 Å². The van der Waals surface area contributed by atoms with E-state index in [4.69, 9.17) is 5.11 Å². The Morgan fingerprint density at radius 1 is 1.10 bits per heavy atom. The number of carbonyl (C=O) groups excluding carboxylic acids is 1. The van der Waals surface area contributed by atoms with E-state index in [0.717, 1.165) is 16.3 Å². The maximum Gasteiger partial charge on any atom is 0.143 e. The van der Waals surface area contributed by atoms with E-state index in [1.807, 2.05) is 42.5 Å². The highest BCUT2D eigenvalue weighted by Gasteiger charge is 2.24. The lowest BCUT2D eigenvalue weighted by Crippen LogP contribution is -2.27. The van der Waals surface area contributed by atoms with Gasteiger partial charge in [0, 0.05) is 12.5 Å². The van der Waals surface area contributed by atoms with E-state index in [2.05, 4.69) is 0 Å². The molecule has 2 unspecified atom stereocenters. The molecule has 5 heteroatoms. The van der Waals surface area contributed by atoms with Crippen molar-refractivity contribution in [3.8, 4) is 0 Å². The zero-order valence-electron chi connectivity index (χ0n) is 11.5. The first-order valence-electron chi connectivity index (χ1n) is 6.83. The number of thiol groups is 1. The second-order valence-electron chi connectivity index (χ2n) is 5.01. The molecule has 0 aliphatic rings. The smallest absolute Gasteiger partial charge is 0.143 e. The van der Waals surface area contributed by atoms with E-state index in [0.29, 0.717) is 12.7 Å². The number of carbonyl (C=O) groups is 1. The Morgan fingerprint density at radius 3 is 2.48 bits per heavy atom. The summed E-state index contributed by atoms with van der Waals surface area (Å²) in [5.41, 5.74) is 0.949. The predicted octanol–water partition coefficient (Wildman–Crippen LogP) is 1.56. The van der Waals surface area contributed by atoms with Gasteiger partial charge in [-0.2, -0.15) is 0 Å². The number of hydrogen-bond donors (Lipinski definition) is 2.